The Morgan fingerprint density at radius 3 is 2.67 bits per heavy atom. The van der Waals surface area contributed by atoms with Crippen molar-refractivity contribution in [2.24, 2.45) is 0 Å². The molecule has 0 aromatic heterocycles. The van der Waals surface area contributed by atoms with Crippen molar-refractivity contribution in [1.29, 1.82) is 0 Å². The van der Waals surface area contributed by atoms with Crippen LogP contribution in [0.1, 0.15) is 51.6 Å². The molecule has 0 spiro atoms. The lowest BCUT2D eigenvalue weighted by molar-refractivity contribution is -0.117. The topological polar surface area (TPSA) is 50.4 Å². The molecule has 21 heavy (non-hydrogen) atoms. The van der Waals surface area contributed by atoms with E-state index in [0.29, 0.717) is 19.6 Å². The lowest BCUT2D eigenvalue weighted by atomic mass is 10.1. The normalized spacial score (nSPS) is 12.1. The quantitative estimate of drug-likeness (QED) is 0.649. The van der Waals surface area contributed by atoms with Gasteiger partial charge in [0, 0.05) is 18.3 Å². The van der Waals surface area contributed by atoms with E-state index >= 15 is 0 Å². The minimum absolute atomic E-state index is 0.00115. The second-order valence-electron chi connectivity index (χ2n) is 5.17. The maximum absolute atomic E-state index is 12.0. The van der Waals surface area contributed by atoms with Crippen LogP contribution >= 0.6 is 0 Å². The summed E-state index contributed by atoms with van der Waals surface area (Å²) in [6.45, 7) is 8.47. The van der Waals surface area contributed by atoms with E-state index in [2.05, 4.69) is 37.5 Å². The Balaban J connectivity index is 2.55. The van der Waals surface area contributed by atoms with Crippen LogP contribution in [0, 0.1) is 0 Å². The molecule has 0 saturated carbocycles. The minimum atomic E-state index is 0.00115. The van der Waals surface area contributed by atoms with Gasteiger partial charge in [0.15, 0.2) is 0 Å². The Morgan fingerprint density at radius 1 is 1.19 bits per heavy atom. The Bertz CT molecular complexity index is 421. The van der Waals surface area contributed by atoms with Crippen LogP contribution in [-0.4, -0.2) is 25.7 Å². The molecular formula is C17H28N2O2. The van der Waals surface area contributed by atoms with Crippen LogP contribution < -0.4 is 10.6 Å². The molecule has 4 heteroatoms. The molecule has 1 aromatic rings. The first-order valence-corrected chi connectivity index (χ1v) is 7.88. The van der Waals surface area contributed by atoms with Crippen molar-refractivity contribution in [3.05, 3.63) is 29.8 Å². The molecule has 118 valence electrons. The van der Waals surface area contributed by atoms with Gasteiger partial charge in [0.25, 0.3) is 0 Å². The Kier molecular flexibility index (Phi) is 8.71. The number of amides is 1. The molecule has 1 aromatic carbocycles. The van der Waals surface area contributed by atoms with Gasteiger partial charge in [-0.2, -0.15) is 0 Å². The van der Waals surface area contributed by atoms with Gasteiger partial charge in [-0.15, -0.1) is 0 Å². The number of para-hydroxylation sites is 1. The number of ether oxygens (including phenoxy) is 1. The first kappa shape index (κ1) is 17.7. The van der Waals surface area contributed by atoms with Crippen molar-refractivity contribution < 1.29 is 9.53 Å². The second-order valence-corrected chi connectivity index (χ2v) is 5.17. The molecule has 0 aliphatic carbocycles. The first-order valence-electron chi connectivity index (χ1n) is 7.88. The number of benzene rings is 1. The highest BCUT2D eigenvalue weighted by molar-refractivity contribution is 5.91. The summed E-state index contributed by atoms with van der Waals surface area (Å²) < 4.78 is 5.35. The van der Waals surface area contributed by atoms with Gasteiger partial charge in [-0.1, -0.05) is 32.0 Å². The Labute approximate surface area is 128 Å². The molecule has 0 bridgehead atoms. The molecule has 2 N–H and O–H groups in total. The maximum atomic E-state index is 12.0. The standard InChI is InChI=1S/C17H28N2O2/c1-4-11-18-14(3)15-8-6-7-9-16(15)19-17(20)10-13-21-12-5-2/h6-9,14,18H,4-5,10-13H2,1-3H3,(H,19,20). The lowest BCUT2D eigenvalue weighted by Crippen LogP contribution is -2.22. The van der Waals surface area contributed by atoms with Gasteiger partial charge in [-0.3, -0.25) is 4.79 Å². The molecule has 4 nitrogen and oxygen atoms in total. The van der Waals surface area contributed by atoms with Crippen LogP contribution in [-0.2, 0) is 9.53 Å². The average Bonchev–Trinajstić information content (AvgIpc) is 2.50. The lowest BCUT2D eigenvalue weighted by Gasteiger charge is -2.18. The highest BCUT2D eigenvalue weighted by Crippen LogP contribution is 2.22. The summed E-state index contributed by atoms with van der Waals surface area (Å²) in [6, 6.07) is 8.16. The van der Waals surface area contributed by atoms with Gasteiger partial charge in [0.05, 0.1) is 13.0 Å². The molecule has 0 heterocycles. The van der Waals surface area contributed by atoms with Crippen molar-refractivity contribution in [3.8, 4) is 0 Å². The fourth-order valence-corrected chi connectivity index (χ4v) is 2.08. The molecular weight excluding hydrogens is 264 g/mol. The molecule has 1 unspecified atom stereocenters. The van der Waals surface area contributed by atoms with E-state index in [-0.39, 0.29) is 11.9 Å². The molecule has 1 rings (SSSR count). The second kappa shape index (κ2) is 10.4. The fourth-order valence-electron chi connectivity index (χ4n) is 2.08. The third-order valence-electron chi connectivity index (χ3n) is 3.22. The highest BCUT2D eigenvalue weighted by Gasteiger charge is 2.11. The van der Waals surface area contributed by atoms with E-state index in [1.54, 1.807) is 0 Å². The van der Waals surface area contributed by atoms with Crippen LogP contribution in [0.3, 0.4) is 0 Å². The number of hydrogen-bond acceptors (Lipinski definition) is 3. The Hall–Kier alpha value is -1.39. The fraction of sp³-hybridized carbons (Fsp3) is 0.588. The molecule has 0 fully saturated rings. The average molecular weight is 292 g/mol. The van der Waals surface area contributed by atoms with Crippen LogP contribution in [0.15, 0.2) is 24.3 Å². The van der Waals surface area contributed by atoms with Gasteiger partial charge in [-0.25, -0.2) is 0 Å². The smallest absolute Gasteiger partial charge is 0.226 e. The number of hydrogen-bond donors (Lipinski definition) is 2. The summed E-state index contributed by atoms with van der Waals surface area (Å²) in [5, 5.41) is 6.43. The molecule has 1 amide bonds. The zero-order valence-electron chi connectivity index (χ0n) is 13.4. The summed E-state index contributed by atoms with van der Waals surface area (Å²) in [5.74, 6) is 0.00115. The van der Waals surface area contributed by atoms with E-state index < -0.39 is 0 Å². The van der Waals surface area contributed by atoms with Crippen molar-refractivity contribution in [3.63, 3.8) is 0 Å². The third-order valence-corrected chi connectivity index (χ3v) is 3.22. The van der Waals surface area contributed by atoms with E-state index in [1.807, 2.05) is 18.2 Å². The summed E-state index contributed by atoms with van der Waals surface area (Å²) in [7, 11) is 0. The predicted molar refractivity (Wildman–Crippen MR) is 87.5 cm³/mol. The maximum Gasteiger partial charge on any atom is 0.226 e. The van der Waals surface area contributed by atoms with Crippen LogP contribution in [0.25, 0.3) is 0 Å². The van der Waals surface area contributed by atoms with E-state index in [0.717, 1.165) is 30.6 Å². The summed E-state index contributed by atoms with van der Waals surface area (Å²) in [4.78, 5) is 12.0. The monoisotopic (exact) mass is 292 g/mol. The van der Waals surface area contributed by atoms with Crippen LogP contribution in [0.5, 0.6) is 0 Å². The minimum Gasteiger partial charge on any atom is -0.381 e. The van der Waals surface area contributed by atoms with Gasteiger partial charge in [-0.05, 0) is 37.9 Å². The molecule has 0 aliphatic heterocycles. The van der Waals surface area contributed by atoms with Gasteiger partial charge in [0.2, 0.25) is 5.91 Å². The largest absolute Gasteiger partial charge is 0.381 e. The van der Waals surface area contributed by atoms with E-state index in [9.17, 15) is 4.79 Å². The predicted octanol–water partition coefficient (Wildman–Crippen LogP) is 3.50. The van der Waals surface area contributed by atoms with Gasteiger partial charge in [0.1, 0.15) is 0 Å². The van der Waals surface area contributed by atoms with Crippen LogP contribution in [0.4, 0.5) is 5.69 Å². The molecule has 0 radical (unpaired) electrons. The van der Waals surface area contributed by atoms with Gasteiger partial charge < -0.3 is 15.4 Å². The van der Waals surface area contributed by atoms with Crippen molar-refractivity contribution in [2.75, 3.05) is 25.1 Å². The highest BCUT2D eigenvalue weighted by atomic mass is 16.5. The summed E-state index contributed by atoms with van der Waals surface area (Å²) in [6.07, 6.45) is 2.46. The Morgan fingerprint density at radius 2 is 1.95 bits per heavy atom. The van der Waals surface area contributed by atoms with E-state index in [4.69, 9.17) is 4.74 Å². The van der Waals surface area contributed by atoms with Crippen molar-refractivity contribution in [2.45, 2.75) is 46.1 Å². The number of carbonyl (C=O) groups is 1. The number of carbonyl (C=O) groups excluding carboxylic acids is 1. The third kappa shape index (κ3) is 6.74. The van der Waals surface area contributed by atoms with E-state index in [1.165, 1.54) is 0 Å². The molecule has 0 aliphatic rings. The zero-order valence-corrected chi connectivity index (χ0v) is 13.4. The summed E-state index contributed by atoms with van der Waals surface area (Å²) in [5.41, 5.74) is 2.00. The number of nitrogens with one attached hydrogen (secondary N) is 2. The summed E-state index contributed by atoms with van der Waals surface area (Å²) >= 11 is 0. The number of rotatable bonds is 10. The molecule has 0 saturated heterocycles. The SMILES string of the molecule is CCCNC(C)c1ccccc1NC(=O)CCOCCC. The van der Waals surface area contributed by atoms with Crippen molar-refractivity contribution in [1.82, 2.24) is 5.32 Å². The van der Waals surface area contributed by atoms with Crippen LogP contribution in [0.2, 0.25) is 0 Å². The van der Waals surface area contributed by atoms with Crippen molar-refractivity contribution >= 4 is 11.6 Å². The number of anilines is 1. The first-order chi connectivity index (χ1) is 10.2. The zero-order chi connectivity index (χ0) is 15.5. The molecule has 1 atom stereocenters. The van der Waals surface area contributed by atoms with Gasteiger partial charge >= 0.3 is 0 Å².